The van der Waals surface area contributed by atoms with Crippen LogP contribution < -0.4 is 0 Å². The van der Waals surface area contributed by atoms with Gasteiger partial charge in [-0.3, -0.25) is 4.79 Å². The summed E-state index contributed by atoms with van der Waals surface area (Å²) < 4.78 is 0. The Morgan fingerprint density at radius 1 is 0.744 bits per heavy atom. The summed E-state index contributed by atoms with van der Waals surface area (Å²) in [5, 5.41) is 0. The summed E-state index contributed by atoms with van der Waals surface area (Å²) >= 11 is 0. The molecule has 39 heavy (non-hydrogen) atoms. The van der Waals surface area contributed by atoms with Crippen LogP contribution in [-0.4, -0.2) is 5.78 Å². The highest BCUT2D eigenvalue weighted by Crippen LogP contribution is 2.69. The summed E-state index contributed by atoms with van der Waals surface area (Å²) in [7, 11) is 0. The molecule has 0 aliphatic heterocycles. The van der Waals surface area contributed by atoms with Crippen molar-refractivity contribution in [1.82, 2.24) is 0 Å². The number of unbranched alkanes of at least 4 members (excludes halogenated alkanes) is 2. The van der Waals surface area contributed by atoms with Crippen molar-refractivity contribution in [1.29, 1.82) is 0 Å². The van der Waals surface area contributed by atoms with Crippen molar-refractivity contribution in [2.75, 3.05) is 0 Å². The first-order chi connectivity index (χ1) is 18.6. The molecule has 4 saturated carbocycles. The summed E-state index contributed by atoms with van der Waals surface area (Å²) in [6.45, 7) is 29.1. The number of hydrogen-bond donors (Lipinski definition) is 0. The van der Waals surface area contributed by atoms with Gasteiger partial charge in [0.05, 0.1) is 0 Å². The molecule has 0 bridgehead atoms. The summed E-state index contributed by atoms with van der Waals surface area (Å²) in [6.07, 6.45) is 21.1. The van der Waals surface area contributed by atoms with Gasteiger partial charge in [0, 0.05) is 12.3 Å². The lowest BCUT2D eigenvalue weighted by Crippen LogP contribution is -2.62. The minimum Gasteiger partial charge on any atom is -0.299 e. The van der Waals surface area contributed by atoms with Crippen molar-refractivity contribution >= 4 is 5.78 Å². The Morgan fingerprint density at radius 2 is 1.31 bits per heavy atom. The molecular formula is C38H76O. The molecule has 8 unspecified atom stereocenters. The van der Waals surface area contributed by atoms with Gasteiger partial charge in [-0.1, -0.05) is 148 Å². The molecule has 0 saturated heterocycles. The lowest BCUT2D eigenvalue weighted by atomic mass is 9.38. The van der Waals surface area contributed by atoms with Gasteiger partial charge in [0.2, 0.25) is 0 Å². The molecule has 0 aromatic heterocycles. The molecule has 0 N–H and O–H groups in total. The lowest BCUT2D eigenvalue weighted by Gasteiger charge is -2.66. The standard InChI is InChI=1S/C28H48O.2C3H8.2C2H6/c1-6-7-8-12-20(2)21-13-11-14-22-25-23(15-18-27(21,22)4)28(5)17-10-9-16-26(28,3)19-24(25)29;2*1-3-2;2*1-2/h20-23,25H,6-19H2,1-5H3;2*3H2,1-2H3;2*1-2H3. The minimum atomic E-state index is 0.277. The Bertz CT molecular complexity index is 637. The molecule has 0 radical (unpaired) electrons. The molecule has 0 spiro atoms. The van der Waals surface area contributed by atoms with Crippen molar-refractivity contribution in [3.05, 3.63) is 0 Å². The molecular weight excluding hydrogens is 472 g/mol. The third-order valence-corrected chi connectivity index (χ3v) is 11.3. The molecule has 4 aliphatic carbocycles. The van der Waals surface area contributed by atoms with E-state index in [1.165, 1.54) is 96.3 Å². The molecule has 1 nitrogen and oxygen atoms in total. The SMILES string of the molecule is CC.CC.CCC.CCC.CCCCCC(C)C1CCCC2C3C(=O)CC4(C)CCCCC4(C)C3CCC12C. The third-order valence-electron chi connectivity index (χ3n) is 11.3. The van der Waals surface area contributed by atoms with Crippen LogP contribution >= 0.6 is 0 Å². The molecule has 4 rings (SSSR count). The Balaban J connectivity index is 0.00000128. The third kappa shape index (κ3) is 8.83. The van der Waals surface area contributed by atoms with E-state index >= 15 is 0 Å². The average Bonchev–Trinajstić information content (AvgIpc) is 2.92. The zero-order valence-corrected chi connectivity index (χ0v) is 29.6. The monoisotopic (exact) mass is 549 g/mol. The van der Waals surface area contributed by atoms with Crippen LogP contribution in [0.1, 0.15) is 193 Å². The van der Waals surface area contributed by atoms with Gasteiger partial charge in [-0.15, -0.1) is 0 Å². The fraction of sp³-hybridized carbons (Fsp3) is 0.974. The topological polar surface area (TPSA) is 17.1 Å². The first-order valence-corrected chi connectivity index (χ1v) is 18.1. The number of hydrogen-bond acceptors (Lipinski definition) is 1. The van der Waals surface area contributed by atoms with Crippen molar-refractivity contribution < 1.29 is 4.79 Å². The molecule has 0 amide bonds. The number of ketones is 1. The fourth-order valence-corrected chi connectivity index (χ4v) is 9.42. The van der Waals surface area contributed by atoms with Gasteiger partial charge >= 0.3 is 0 Å². The van der Waals surface area contributed by atoms with Crippen molar-refractivity contribution in [3.63, 3.8) is 0 Å². The van der Waals surface area contributed by atoms with E-state index < -0.39 is 0 Å². The molecule has 0 aromatic carbocycles. The maximum absolute atomic E-state index is 13.7. The van der Waals surface area contributed by atoms with Crippen LogP contribution in [0.5, 0.6) is 0 Å². The van der Waals surface area contributed by atoms with E-state index in [9.17, 15) is 4.79 Å². The van der Waals surface area contributed by atoms with Gasteiger partial charge in [-0.05, 0) is 78.4 Å². The molecule has 4 fully saturated rings. The van der Waals surface area contributed by atoms with Crippen molar-refractivity contribution in [3.8, 4) is 0 Å². The molecule has 4 aliphatic rings. The van der Waals surface area contributed by atoms with E-state index in [-0.39, 0.29) is 5.41 Å². The summed E-state index contributed by atoms with van der Waals surface area (Å²) in [5.41, 5.74) is 1.10. The maximum Gasteiger partial charge on any atom is 0.137 e. The van der Waals surface area contributed by atoms with Crippen LogP contribution in [0, 0.1) is 45.8 Å². The van der Waals surface area contributed by atoms with Crippen LogP contribution in [0.25, 0.3) is 0 Å². The summed E-state index contributed by atoms with van der Waals surface area (Å²) in [4.78, 5) is 13.7. The fourth-order valence-electron chi connectivity index (χ4n) is 9.42. The van der Waals surface area contributed by atoms with Gasteiger partial charge < -0.3 is 0 Å². The number of Topliss-reactive ketones (excluding diaryl/α,β-unsaturated/α-hetero) is 1. The van der Waals surface area contributed by atoms with Gasteiger partial charge in [0.25, 0.3) is 0 Å². The van der Waals surface area contributed by atoms with Crippen LogP contribution in [0.4, 0.5) is 0 Å². The van der Waals surface area contributed by atoms with E-state index in [1.807, 2.05) is 27.7 Å². The maximum atomic E-state index is 13.7. The highest BCUT2D eigenvalue weighted by atomic mass is 16.1. The van der Waals surface area contributed by atoms with E-state index in [0.29, 0.717) is 34.4 Å². The van der Waals surface area contributed by atoms with Crippen molar-refractivity contribution in [2.24, 2.45) is 45.8 Å². The van der Waals surface area contributed by atoms with E-state index in [4.69, 9.17) is 0 Å². The summed E-state index contributed by atoms with van der Waals surface area (Å²) in [6, 6.07) is 0. The average molecular weight is 549 g/mol. The van der Waals surface area contributed by atoms with Crippen molar-refractivity contribution in [2.45, 2.75) is 193 Å². The van der Waals surface area contributed by atoms with Crippen LogP contribution in [0.15, 0.2) is 0 Å². The van der Waals surface area contributed by atoms with Gasteiger partial charge in [0.15, 0.2) is 0 Å². The van der Waals surface area contributed by atoms with Crippen LogP contribution in [-0.2, 0) is 4.79 Å². The molecule has 1 heteroatoms. The smallest absolute Gasteiger partial charge is 0.137 e. The quantitative estimate of drug-likeness (QED) is 0.312. The Morgan fingerprint density at radius 3 is 1.87 bits per heavy atom. The first kappa shape index (κ1) is 38.7. The van der Waals surface area contributed by atoms with E-state index in [2.05, 4.69) is 62.3 Å². The zero-order valence-electron chi connectivity index (χ0n) is 29.6. The summed E-state index contributed by atoms with van der Waals surface area (Å²) in [5.74, 6) is 4.08. The number of fused-ring (bicyclic) bond motifs is 5. The van der Waals surface area contributed by atoms with Gasteiger partial charge in [0.1, 0.15) is 5.78 Å². The van der Waals surface area contributed by atoms with Crippen LogP contribution in [0.3, 0.4) is 0 Å². The highest BCUT2D eigenvalue weighted by molar-refractivity contribution is 5.84. The van der Waals surface area contributed by atoms with E-state index in [0.717, 1.165) is 18.3 Å². The van der Waals surface area contributed by atoms with Crippen LogP contribution in [0.2, 0.25) is 0 Å². The largest absolute Gasteiger partial charge is 0.299 e. The second kappa shape index (κ2) is 19.0. The Labute approximate surface area is 248 Å². The first-order valence-electron chi connectivity index (χ1n) is 18.1. The van der Waals surface area contributed by atoms with E-state index in [1.54, 1.807) is 0 Å². The Kier molecular flexibility index (Phi) is 18.8. The predicted octanol–water partition coefficient (Wildman–Crippen LogP) is 13.1. The molecule has 234 valence electrons. The number of carbonyl (C=O) groups excluding carboxylic acids is 1. The second-order valence-corrected chi connectivity index (χ2v) is 14.0. The molecule has 8 atom stereocenters. The molecule has 0 heterocycles. The highest BCUT2D eigenvalue weighted by Gasteiger charge is 2.64. The lowest BCUT2D eigenvalue weighted by molar-refractivity contribution is -0.184. The minimum absolute atomic E-state index is 0.277. The van der Waals surface area contributed by atoms with Gasteiger partial charge in [-0.2, -0.15) is 0 Å². The normalized spacial score (nSPS) is 37.2. The van der Waals surface area contributed by atoms with Gasteiger partial charge in [-0.25, -0.2) is 0 Å². The number of carbonyl (C=O) groups is 1. The number of rotatable bonds is 5. The molecule has 0 aromatic rings. The zero-order chi connectivity index (χ0) is 30.3. The predicted molar refractivity (Wildman–Crippen MR) is 177 cm³/mol. The second-order valence-electron chi connectivity index (χ2n) is 14.0. The Hall–Kier alpha value is -0.330.